The standard InChI is InChI=1S/C24H22N4O3S/c29-24-22-18(10-11-25-24)16-21(17-4-2-1-3-5-17)27-23(22)26-19-6-8-20(9-7-19)28(30)12-14-32(31)15-13-28/h1-11,16H,12-15H2,(H,25,29)(H,26,27). The topological polar surface area (TPSA) is 97.9 Å². The van der Waals surface area contributed by atoms with Gasteiger partial charge in [-0.05, 0) is 29.7 Å². The third kappa shape index (κ3) is 3.95. The fourth-order valence-electron chi connectivity index (χ4n) is 3.99. The van der Waals surface area contributed by atoms with E-state index in [1.165, 1.54) is 0 Å². The number of rotatable bonds is 4. The third-order valence-electron chi connectivity index (χ3n) is 5.78. The van der Waals surface area contributed by atoms with Crippen LogP contribution >= 0.6 is 0 Å². The van der Waals surface area contributed by atoms with Gasteiger partial charge >= 0.3 is 0 Å². The van der Waals surface area contributed by atoms with Crippen molar-refractivity contribution in [3.8, 4) is 11.3 Å². The quantitative estimate of drug-likeness (QED) is 0.366. The van der Waals surface area contributed by atoms with Crippen LogP contribution in [0.25, 0.3) is 22.0 Å². The van der Waals surface area contributed by atoms with E-state index in [4.69, 9.17) is 4.98 Å². The Hall–Kier alpha value is -3.33. The average molecular weight is 447 g/mol. The summed E-state index contributed by atoms with van der Waals surface area (Å²) in [5.41, 5.74) is 2.85. The smallest absolute Gasteiger partial charge is 0.259 e. The van der Waals surface area contributed by atoms with Crippen LogP contribution in [0.3, 0.4) is 0 Å². The van der Waals surface area contributed by atoms with E-state index in [0.29, 0.717) is 41.5 Å². The number of aromatic nitrogens is 2. The zero-order valence-corrected chi connectivity index (χ0v) is 18.1. The lowest BCUT2D eigenvalue weighted by Crippen LogP contribution is -2.52. The van der Waals surface area contributed by atoms with Crippen molar-refractivity contribution in [2.45, 2.75) is 0 Å². The normalized spacial score (nSPS) is 20.8. The van der Waals surface area contributed by atoms with Gasteiger partial charge in [-0.2, -0.15) is 0 Å². The third-order valence-corrected chi connectivity index (χ3v) is 7.06. The number of hydroxylamine groups is 2. The van der Waals surface area contributed by atoms with Gasteiger partial charge in [-0.3, -0.25) is 9.00 Å². The molecule has 7 nitrogen and oxygen atoms in total. The van der Waals surface area contributed by atoms with Crippen molar-refractivity contribution in [1.82, 2.24) is 14.6 Å². The van der Waals surface area contributed by atoms with Crippen LogP contribution in [0.1, 0.15) is 0 Å². The first-order valence-electron chi connectivity index (χ1n) is 10.4. The Morgan fingerprint density at radius 3 is 2.44 bits per heavy atom. The van der Waals surface area contributed by atoms with E-state index < -0.39 is 15.4 Å². The van der Waals surface area contributed by atoms with Crippen LogP contribution in [-0.2, 0) is 10.8 Å². The highest BCUT2D eigenvalue weighted by atomic mass is 32.2. The number of fused-ring (bicyclic) bond motifs is 1. The zero-order valence-electron chi connectivity index (χ0n) is 17.3. The molecule has 0 saturated carbocycles. The van der Waals surface area contributed by atoms with E-state index in [9.17, 15) is 14.2 Å². The van der Waals surface area contributed by atoms with E-state index in [-0.39, 0.29) is 5.56 Å². The number of quaternary nitrogens is 1. The SMILES string of the molecule is O=c1[nH]ccc2cc(-c3ccccc3)nc(Nc3ccc([N+]4([O-])CCS(=O)CC4)cc3)c12. The van der Waals surface area contributed by atoms with E-state index >= 15 is 0 Å². The number of pyridine rings is 2. The Morgan fingerprint density at radius 1 is 1.00 bits per heavy atom. The zero-order chi connectivity index (χ0) is 22.1. The molecule has 2 N–H and O–H groups in total. The molecule has 8 heteroatoms. The first-order valence-corrected chi connectivity index (χ1v) is 11.9. The fraction of sp³-hybridized carbons (Fsp3) is 0.167. The Labute approximate surface area is 187 Å². The van der Waals surface area contributed by atoms with Gasteiger partial charge in [0.1, 0.15) is 11.5 Å². The molecule has 5 rings (SSSR count). The lowest BCUT2D eigenvalue weighted by Gasteiger charge is -2.44. The number of aromatic amines is 1. The van der Waals surface area contributed by atoms with Gasteiger partial charge in [0.2, 0.25) is 0 Å². The van der Waals surface area contributed by atoms with Gasteiger partial charge in [-0.25, -0.2) is 4.98 Å². The molecule has 1 aliphatic rings. The fourth-order valence-corrected chi connectivity index (χ4v) is 5.19. The predicted octanol–water partition coefficient (Wildman–Crippen LogP) is 3.90. The number of nitrogens with zero attached hydrogens (tertiary/aromatic N) is 2. The first kappa shape index (κ1) is 20.6. The number of anilines is 2. The summed E-state index contributed by atoms with van der Waals surface area (Å²) >= 11 is 0. The second kappa shape index (κ2) is 8.31. The molecule has 3 heterocycles. The molecule has 0 bridgehead atoms. The second-order valence-electron chi connectivity index (χ2n) is 7.85. The Bertz CT molecular complexity index is 1340. The van der Waals surface area contributed by atoms with Crippen molar-refractivity contribution in [3.05, 3.63) is 88.5 Å². The average Bonchev–Trinajstić information content (AvgIpc) is 2.82. The van der Waals surface area contributed by atoms with Crippen LogP contribution < -0.4 is 15.5 Å². The minimum atomic E-state index is -0.894. The molecule has 0 atom stereocenters. The Kier molecular flexibility index (Phi) is 5.34. The molecule has 162 valence electrons. The first-order chi connectivity index (χ1) is 15.5. The minimum absolute atomic E-state index is 0.223. The molecule has 32 heavy (non-hydrogen) atoms. The summed E-state index contributed by atoms with van der Waals surface area (Å²) in [6.07, 6.45) is 1.63. The van der Waals surface area contributed by atoms with Gasteiger partial charge in [-0.15, -0.1) is 0 Å². The monoisotopic (exact) mass is 446 g/mol. The number of benzene rings is 2. The van der Waals surface area contributed by atoms with E-state index in [2.05, 4.69) is 10.3 Å². The molecule has 2 aromatic carbocycles. The highest BCUT2D eigenvalue weighted by molar-refractivity contribution is 7.85. The number of hydrogen-bond acceptors (Lipinski definition) is 5. The summed E-state index contributed by atoms with van der Waals surface area (Å²) in [5.74, 6) is 1.30. The van der Waals surface area contributed by atoms with Gasteiger partial charge in [0.15, 0.2) is 0 Å². The molecule has 0 unspecified atom stereocenters. The van der Waals surface area contributed by atoms with Gasteiger partial charge in [-0.1, -0.05) is 30.3 Å². The lowest BCUT2D eigenvalue weighted by molar-refractivity contribution is 0.402. The Balaban J connectivity index is 1.51. The van der Waals surface area contributed by atoms with E-state index in [0.717, 1.165) is 22.3 Å². The molecule has 1 saturated heterocycles. The summed E-state index contributed by atoms with van der Waals surface area (Å²) in [4.78, 5) is 20.0. The number of H-pyrrole nitrogens is 1. The molecular formula is C24H22N4O3S. The molecule has 0 spiro atoms. The number of hydrogen-bond donors (Lipinski definition) is 2. The van der Waals surface area contributed by atoms with Crippen LogP contribution in [0, 0.1) is 5.21 Å². The van der Waals surface area contributed by atoms with Crippen LogP contribution in [0.4, 0.5) is 17.2 Å². The van der Waals surface area contributed by atoms with Crippen molar-refractivity contribution < 1.29 is 4.21 Å². The van der Waals surface area contributed by atoms with E-state index in [1.807, 2.05) is 54.6 Å². The van der Waals surface area contributed by atoms with Crippen LogP contribution in [0.15, 0.2) is 77.7 Å². The van der Waals surface area contributed by atoms with Gasteiger partial charge < -0.3 is 20.2 Å². The molecule has 2 aromatic heterocycles. The molecule has 0 aliphatic carbocycles. The second-order valence-corrected chi connectivity index (χ2v) is 9.55. The molecule has 0 amide bonds. The van der Waals surface area contributed by atoms with Crippen molar-refractivity contribution in [1.29, 1.82) is 0 Å². The molecule has 1 fully saturated rings. The van der Waals surface area contributed by atoms with E-state index in [1.54, 1.807) is 18.3 Å². The van der Waals surface area contributed by atoms with Crippen LogP contribution in [0.5, 0.6) is 0 Å². The summed E-state index contributed by atoms with van der Waals surface area (Å²) in [7, 11) is -0.894. The molecular weight excluding hydrogens is 424 g/mol. The summed E-state index contributed by atoms with van der Waals surface area (Å²) in [6, 6.07) is 20.8. The largest absolute Gasteiger partial charge is 0.627 e. The molecule has 4 aromatic rings. The van der Waals surface area contributed by atoms with Crippen LogP contribution in [0.2, 0.25) is 0 Å². The van der Waals surface area contributed by atoms with Gasteiger partial charge in [0.05, 0.1) is 35.7 Å². The van der Waals surface area contributed by atoms with Crippen LogP contribution in [-0.4, -0.2) is 38.8 Å². The van der Waals surface area contributed by atoms with Gasteiger partial charge in [0.25, 0.3) is 5.56 Å². The minimum Gasteiger partial charge on any atom is -0.627 e. The Morgan fingerprint density at radius 2 is 1.72 bits per heavy atom. The summed E-state index contributed by atoms with van der Waals surface area (Å²) in [5, 5.41) is 17.6. The highest BCUT2D eigenvalue weighted by Crippen LogP contribution is 2.30. The maximum atomic E-state index is 13.1. The van der Waals surface area contributed by atoms with Crippen molar-refractivity contribution >= 4 is 38.8 Å². The number of nitrogens with one attached hydrogen (secondary N) is 2. The van der Waals surface area contributed by atoms with Crippen molar-refractivity contribution in [3.63, 3.8) is 0 Å². The lowest BCUT2D eigenvalue weighted by atomic mass is 10.1. The van der Waals surface area contributed by atoms with Crippen molar-refractivity contribution in [2.75, 3.05) is 29.9 Å². The predicted molar refractivity (Wildman–Crippen MR) is 130 cm³/mol. The molecule has 0 radical (unpaired) electrons. The highest BCUT2D eigenvalue weighted by Gasteiger charge is 2.27. The maximum absolute atomic E-state index is 13.1. The summed E-state index contributed by atoms with van der Waals surface area (Å²) in [6.45, 7) is 0.639. The van der Waals surface area contributed by atoms with Crippen molar-refractivity contribution in [2.24, 2.45) is 0 Å². The van der Waals surface area contributed by atoms with Gasteiger partial charge in [0, 0.05) is 40.4 Å². The maximum Gasteiger partial charge on any atom is 0.259 e. The summed E-state index contributed by atoms with van der Waals surface area (Å²) < 4.78 is 11.2. The molecule has 1 aliphatic heterocycles.